The summed E-state index contributed by atoms with van der Waals surface area (Å²) in [5.41, 5.74) is 0.413. The van der Waals surface area contributed by atoms with E-state index in [0.29, 0.717) is 29.2 Å². The van der Waals surface area contributed by atoms with Gasteiger partial charge in [0.25, 0.3) is 0 Å². The molecule has 1 amide bonds. The van der Waals surface area contributed by atoms with E-state index in [1.807, 2.05) is 12.1 Å². The molecule has 0 aromatic heterocycles. The summed E-state index contributed by atoms with van der Waals surface area (Å²) >= 11 is 0. The number of alkyl halides is 3. The maximum Gasteiger partial charge on any atom is 0.416 e. The van der Waals surface area contributed by atoms with Gasteiger partial charge in [0.2, 0.25) is 5.91 Å². The van der Waals surface area contributed by atoms with Crippen LogP contribution in [0, 0.1) is 17.3 Å². The molecule has 0 spiro atoms. The first-order valence-electron chi connectivity index (χ1n) is 14.1. The minimum atomic E-state index is -4.46. The number of aromatic carboxylic acids is 1. The molecule has 2 aromatic carbocycles. The van der Waals surface area contributed by atoms with Gasteiger partial charge < -0.3 is 19.6 Å². The Labute approximate surface area is 233 Å². The summed E-state index contributed by atoms with van der Waals surface area (Å²) in [7, 11) is 0. The summed E-state index contributed by atoms with van der Waals surface area (Å²) in [5, 5.41) is 9.39. The molecular weight excluding hydrogens is 521 g/mol. The highest BCUT2D eigenvalue weighted by atomic mass is 19.4. The van der Waals surface area contributed by atoms with E-state index in [2.05, 4.69) is 25.7 Å². The van der Waals surface area contributed by atoms with Crippen LogP contribution in [-0.2, 0) is 17.5 Å². The fraction of sp³-hybridized carbons (Fsp3) is 0.548. The first kappa shape index (κ1) is 28.5. The van der Waals surface area contributed by atoms with Crippen molar-refractivity contribution in [1.82, 2.24) is 9.80 Å². The van der Waals surface area contributed by atoms with E-state index >= 15 is 0 Å². The number of carbonyl (C=O) groups excluding carboxylic acids is 1. The van der Waals surface area contributed by atoms with Gasteiger partial charge in [-0.2, -0.15) is 13.2 Å². The van der Waals surface area contributed by atoms with E-state index in [1.54, 1.807) is 17.0 Å². The molecule has 2 fully saturated rings. The highest BCUT2D eigenvalue weighted by Crippen LogP contribution is 2.49. The van der Waals surface area contributed by atoms with Gasteiger partial charge in [-0.15, -0.1) is 0 Å². The summed E-state index contributed by atoms with van der Waals surface area (Å²) in [5.74, 6) is 0.114. The molecule has 3 aliphatic rings. The monoisotopic (exact) mass is 558 g/mol. The van der Waals surface area contributed by atoms with Crippen LogP contribution >= 0.6 is 0 Å². The van der Waals surface area contributed by atoms with Crippen LogP contribution in [0.2, 0.25) is 0 Å². The molecule has 2 aliphatic heterocycles. The Morgan fingerprint density at radius 1 is 1.12 bits per heavy atom. The Morgan fingerprint density at radius 3 is 2.58 bits per heavy atom. The van der Waals surface area contributed by atoms with Crippen molar-refractivity contribution in [2.45, 2.75) is 71.1 Å². The first-order chi connectivity index (χ1) is 18.9. The fourth-order valence-electron chi connectivity index (χ4n) is 7.10. The zero-order valence-electron chi connectivity index (χ0n) is 23.2. The van der Waals surface area contributed by atoms with Crippen molar-refractivity contribution in [1.29, 1.82) is 0 Å². The molecule has 0 radical (unpaired) electrons. The average molecular weight is 559 g/mol. The largest absolute Gasteiger partial charge is 0.478 e. The predicted molar refractivity (Wildman–Crippen MR) is 144 cm³/mol. The first-order valence-corrected chi connectivity index (χ1v) is 14.1. The molecule has 1 aliphatic carbocycles. The summed E-state index contributed by atoms with van der Waals surface area (Å²) in [6.45, 7) is 8.21. The Balaban J connectivity index is 1.28. The van der Waals surface area contributed by atoms with Crippen molar-refractivity contribution >= 4 is 11.9 Å². The Morgan fingerprint density at radius 2 is 1.90 bits per heavy atom. The number of carbonyl (C=O) groups is 2. The molecule has 4 atom stereocenters. The van der Waals surface area contributed by atoms with Gasteiger partial charge in [0.05, 0.1) is 23.1 Å². The lowest BCUT2D eigenvalue weighted by Gasteiger charge is -2.42. The molecule has 6 nitrogen and oxygen atoms in total. The topological polar surface area (TPSA) is 70.1 Å². The van der Waals surface area contributed by atoms with Gasteiger partial charge in [-0.1, -0.05) is 32.9 Å². The maximum absolute atomic E-state index is 14.0. The third-order valence-electron chi connectivity index (χ3n) is 9.48. The summed E-state index contributed by atoms with van der Waals surface area (Å²) in [6.07, 6.45) is -1.21. The van der Waals surface area contributed by atoms with Crippen LogP contribution in [0.4, 0.5) is 13.2 Å². The molecule has 2 heterocycles. The van der Waals surface area contributed by atoms with E-state index in [9.17, 15) is 27.9 Å². The SMILES string of the molecule is CC(C)[C@]1(C(=O)N2COc3ccc(C(F)(F)F)cc3C2)CC[C@@H](N2CC[C@@H](c3cccc(C(=O)O)c3)[C@H](C)C2)C1. The number of benzene rings is 2. The number of carboxylic acid groups (broad SMARTS) is 1. The fourth-order valence-corrected chi connectivity index (χ4v) is 7.10. The number of piperidine rings is 1. The Bertz CT molecular complexity index is 1280. The molecule has 216 valence electrons. The van der Waals surface area contributed by atoms with Gasteiger partial charge in [0.15, 0.2) is 6.73 Å². The van der Waals surface area contributed by atoms with Crippen molar-refractivity contribution < 1.29 is 32.6 Å². The van der Waals surface area contributed by atoms with Crippen LogP contribution in [0.3, 0.4) is 0 Å². The van der Waals surface area contributed by atoms with Gasteiger partial charge in [0.1, 0.15) is 5.75 Å². The molecule has 1 saturated carbocycles. The molecule has 0 unspecified atom stereocenters. The van der Waals surface area contributed by atoms with Crippen LogP contribution in [0.1, 0.15) is 79.4 Å². The smallest absolute Gasteiger partial charge is 0.416 e. The lowest BCUT2D eigenvalue weighted by molar-refractivity contribution is -0.150. The minimum absolute atomic E-state index is 0.0359. The summed E-state index contributed by atoms with van der Waals surface area (Å²) < 4.78 is 45.6. The van der Waals surface area contributed by atoms with Crippen LogP contribution in [0.25, 0.3) is 0 Å². The van der Waals surface area contributed by atoms with Gasteiger partial charge >= 0.3 is 12.1 Å². The average Bonchev–Trinajstić information content (AvgIpc) is 3.38. The predicted octanol–water partition coefficient (Wildman–Crippen LogP) is 6.40. The van der Waals surface area contributed by atoms with Gasteiger partial charge in [-0.25, -0.2) is 4.79 Å². The lowest BCUT2D eigenvalue weighted by Crippen LogP contribution is -2.49. The molecule has 0 bridgehead atoms. The summed E-state index contributed by atoms with van der Waals surface area (Å²) in [6, 6.07) is 10.9. The number of nitrogens with zero attached hydrogens (tertiary/aromatic N) is 2. The molecular formula is C31H37F3N2O4. The molecule has 9 heteroatoms. The zero-order chi connectivity index (χ0) is 28.8. The number of ether oxygens (including phenoxy) is 1. The van der Waals surface area contributed by atoms with Crippen LogP contribution in [-0.4, -0.2) is 52.6 Å². The summed E-state index contributed by atoms with van der Waals surface area (Å²) in [4.78, 5) is 29.5. The van der Waals surface area contributed by atoms with Crippen molar-refractivity contribution in [3.8, 4) is 5.75 Å². The van der Waals surface area contributed by atoms with Crippen molar-refractivity contribution in [3.63, 3.8) is 0 Å². The normalized spacial score (nSPS) is 27.4. The number of carboxylic acids is 1. The lowest BCUT2D eigenvalue weighted by atomic mass is 9.74. The number of amides is 1. The molecule has 1 saturated heterocycles. The van der Waals surface area contributed by atoms with E-state index in [0.717, 1.165) is 50.0 Å². The second-order valence-electron chi connectivity index (χ2n) is 12.1. The van der Waals surface area contributed by atoms with Crippen molar-refractivity contribution in [2.24, 2.45) is 17.3 Å². The molecule has 1 N–H and O–H groups in total. The molecule has 40 heavy (non-hydrogen) atoms. The quantitative estimate of drug-likeness (QED) is 0.460. The van der Waals surface area contributed by atoms with Crippen molar-refractivity contribution in [3.05, 3.63) is 64.7 Å². The van der Waals surface area contributed by atoms with Gasteiger partial charge in [0, 0.05) is 18.2 Å². The Hall–Kier alpha value is -3.07. The molecule has 5 rings (SSSR count). The highest BCUT2D eigenvalue weighted by molar-refractivity contribution is 5.87. The van der Waals surface area contributed by atoms with E-state index in [-0.39, 0.29) is 37.1 Å². The molecule has 2 aromatic rings. The zero-order valence-corrected chi connectivity index (χ0v) is 23.2. The van der Waals surface area contributed by atoms with Gasteiger partial charge in [-0.05, 0) is 85.9 Å². The minimum Gasteiger partial charge on any atom is -0.478 e. The number of halogens is 3. The number of rotatable bonds is 5. The number of hydrogen-bond acceptors (Lipinski definition) is 4. The second-order valence-corrected chi connectivity index (χ2v) is 12.1. The third kappa shape index (κ3) is 5.32. The van der Waals surface area contributed by atoms with Crippen molar-refractivity contribution in [2.75, 3.05) is 19.8 Å². The standard InChI is InChI=1S/C31H37F3N2O4/c1-19(2)30(29(39)36-17-23-14-24(31(32,33)34)7-8-27(23)40-18-36)11-9-25(15-30)35-12-10-26(20(3)16-35)21-5-4-6-22(13-21)28(37)38/h4-8,13-14,19-20,25-26H,9-12,15-18H2,1-3H3,(H,37,38)/t20-,25-,26-,30+/m1/s1. The van der Waals surface area contributed by atoms with Crippen LogP contribution in [0.15, 0.2) is 42.5 Å². The maximum atomic E-state index is 14.0. The van der Waals surface area contributed by atoms with Gasteiger partial charge in [-0.3, -0.25) is 4.79 Å². The third-order valence-corrected chi connectivity index (χ3v) is 9.48. The highest BCUT2D eigenvalue weighted by Gasteiger charge is 2.51. The second kappa shape index (κ2) is 10.7. The van der Waals surface area contributed by atoms with E-state index in [4.69, 9.17) is 4.74 Å². The van der Waals surface area contributed by atoms with Crippen LogP contribution in [0.5, 0.6) is 5.75 Å². The van der Waals surface area contributed by atoms with E-state index < -0.39 is 23.1 Å². The van der Waals surface area contributed by atoms with Crippen LogP contribution < -0.4 is 4.74 Å². The number of fused-ring (bicyclic) bond motifs is 1. The number of likely N-dealkylation sites (tertiary alicyclic amines) is 1. The van der Waals surface area contributed by atoms with E-state index in [1.165, 1.54) is 6.07 Å². The Kier molecular flexibility index (Phi) is 7.63. The number of hydrogen-bond donors (Lipinski definition) is 1.